The van der Waals surface area contributed by atoms with E-state index in [0.29, 0.717) is 6.61 Å². The molecule has 0 saturated carbocycles. The first kappa shape index (κ1) is 12.4. The molecule has 0 aliphatic rings. The number of esters is 1. The Morgan fingerprint density at radius 3 is 2.38 bits per heavy atom. The Hall–Kier alpha value is -0.570. The minimum Gasteiger partial charge on any atom is -0.465 e. The summed E-state index contributed by atoms with van der Waals surface area (Å²) in [4.78, 5) is 11.4. The van der Waals surface area contributed by atoms with Gasteiger partial charge in [0.15, 0.2) is 0 Å². The van der Waals surface area contributed by atoms with Crippen LogP contribution in [0, 0.1) is 5.92 Å². The molecule has 1 N–H and O–H groups in total. The third kappa shape index (κ3) is 4.88. The highest BCUT2D eigenvalue weighted by atomic mass is 16.5. The lowest BCUT2D eigenvalue weighted by Gasteiger charge is -2.19. The molecule has 0 amide bonds. The predicted molar refractivity (Wildman–Crippen MR) is 53.6 cm³/mol. The number of hydrogen-bond acceptors (Lipinski definition) is 3. The third-order valence-electron chi connectivity index (χ3n) is 1.82. The molecule has 78 valence electrons. The van der Waals surface area contributed by atoms with Crippen molar-refractivity contribution in [3.8, 4) is 0 Å². The second-order valence-corrected chi connectivity index (χ2v) is 3.43. The molecule has 0 unspecified atom stereocenters. The van der Waals surface area contributed by atoms with Gasteiger partial charge >= 0.3 is 5.97 Å². The maximum Gasteiger partial charge on any atom is 0.323 e. The third-order valence-corrected chi connectivity index (χ3v) is 1.82. The quantitative estimate of drug-likeness (QED) is 0.641. The summed E-state index contributed by atoms with van der Waals surface area (Å²) in [7, 11) is 0. The molecule has 3 heteroatoms. The lowest BCUT2D eigenvalue weighted by Crippen LogP contribution is -2.42. The highest BCUT2D eigenvalue weighted by Gasteiger charge is 2.21. The van der Waals surface area contributed by atoms with Gasteiger partial charge in [0, 0.05) is 0 Å². The lowest BCUT2D eigenvalue weighted by molar-refractivity contribution is -0.146. The second kappa shape index (κ2) is 6.89. The first-order chi connectivity index (χ1) is 6.13. The highest BCUT2D eigenvalue weighted by molar-refractivity contribution is 5.76. The van der Waals surface area contributed by atoms with Gasteiger partial charge in [-0.2, -0.15) is 0 Å². The van der Waals surface area contributed by atoms with Gasteiger partial charge in [-0.05, 0) is 25.8 Å². The van der Waals surface area contributed by atoms with Gasteiger partial charge in [0.1, 0.15) is 6.04 Å². The number of hydrogen-bond donors (Lipinski definition) is 1. The fourth-order valence-electron chi connectivity index (χ4n) is 1.12. The fourth-order valence-corrected chi connectivity index (χ4v) is 1.12. The van der Waals surface area contributed by atoms with Crippen LogP contribution in [0.1, 0.15) is 34.1 Å². The zero-order valence-corrected chi connectivity index (χ0v) is 9.09. The summed E-state index contributed by atoms with van der Waals surface area (Å²) in [6, 6.07) is -0.153. The Balaban J connectivity index is 3.99. The molecule has 0 fully saturated rings. The molecule has 0 aliphatic carbocycles. The van der Waals surface area contributed by atoms with Crippen LogP contribution in [0.5, 0.6) is 0 Å². The average Bonchev–Trinajstić information content (AvgIpc) is 2.05. The van der Waals surface area contributed by atoms with E-state index in [1.165, 1.54) is 0 Å². The van der Waals surface area contributed by atoms with Crippen LogP contribution >= 0.6 is 0 Å². The van der Waals surface area contributed by atoms with Crippen LogP contribution < -0.4 is 5.32 Å². The first-order valence-electron chi connectivity index (χ1n) is 5.03. The van der Waals surface area contributed by atoms with Crippen LogP contribution in [0.2, 0.25) is 0 Å². The normalized spacial score (nSPS) is 13.0. The van der Waals surface area contributed by atoms with E-state index in [2.05, 4.69) is 12.2 Å². The molecule has 0 spiro atoms. The predicted octanol–water partition coefficient (Wildman–Crippen LogP) is 1.57. The van der Waals surface area contributed by atoms with Crippen molar-refractivity contribution in [2.75, 3.05) is 13.2 Å². The Morgan fingerprint density at radius 1 is 1.38 bits per heavy atom. The summed E-state index contributed by atoms with van der Waals surface area (Å²) in [6.45, 7) is 9.26. The minimum atomic E-state index is -0.153. The zero-order chi connectivity index (χ0) is 10.3. The summed E-state index contributed by atoms with van der Waals surface area (Å²) >= 11 is 0. The molecule has 0 aromatic heterocycles. The van der Waals surface area contributed by atoms with Crippen LogP contribution in [-0.2, 0) is 9.53 Å². The fraction of sp³-hybridized carbons (Fsp3) is 0.900. The van der Waals surface area contributed by atoms with Crippen molar-refractivity contribution in [1.29, 1.82) is 0 Å². The molecule has 0 aliphatic heterocycles. The van der Waals surface area contributed by atoms with Crippen molar-refractivity contribution in [3.05, 3.63) is 0 Å². The topological polar surface area (TPSA) is 38.3 Å². The Kier molecular flexibility index (Phi) is 6.59. The molecule has 0 bridgehead atoms. The summed E-state index contributed by atoms with van der Waals surface area (Å²) < 4.78 is 4.96. The number of rotatable bonds is 6. The van der Waals surface area contributed by atoms with Crippen molar-refractivity contribution in [2.45, 2.75) is 40.2 Å². The summed E-state index contributed by atoms with van der Waals surface area (Å²) in [6.07, 6.45) is 1.03. The average molecular weight is 187 g/mol. The Bertz CT molecular complexity index is 146. The van der Waals surface area contributed by atoms with Crippen molar-refractivity contribution in [1.82, 2.24) is 5.32 Å². The van der Waals surface area contributed by atoms with Gasteiger partial charge in [-0.25, -0.2) is 0 Å². The van der Waals surface area contributed by atoms with E-state index in [0.717, 1.165) is 13.0 Å². The smallest absolute Gasteiger partial charge is 0.323 e. The van der Waals surface area contributed by atoms with E-state index in [-0.39, 0.29) is 17.9 Å². The molecule has 0 aromatic carbocycles. The largest absolute Gasteiger partial charge is 0.465 e. The molecular formula is C10H21NO2. The molecule has 0 saturated heterocycles. The van der Waals surface area contributed by atoms with E-state index in [9.17, 15) is 4.79 Å². The minimum absolute atomic E-state index is 0.133. The summed E-state index contributed by atoms with van der Waals surface area (Å²) in [5.41, 5.74) is 0. The number of carbonyl (C=O) groups excluding carboxylic acids is 1. The zero-order valence-electron chi connectivity index (χ0n) is 9.09. The van der Waals surface area contributed by atoms with Gasteiger partial charge in [-0.3, -0.25) is 4.79 Å². The van der Waals surface area contributed by atoms with E-state index >= 15 is 0 Å². The van der Waals surface area contributed by atoms with E-state index in [1.54, 1.807) is 0 Å². The van der Waals surface area contributed by atoms with Gasteiger partial charge < -0.3 is 10.1 Å². The van der Waals surface area contributed by atoms with Crippen LogP contribution in [0.25, 0.3) is 0 Å². The number of ether oxygens (including phenoxy) is 1. The molecule has 1 atom stereocenters. The van der Waals surface area contributed by atoms with Gasteiger partial charge in [0.05, 0.1) is 6.61 Å². The van der Waals surface area contributed by atoms with E-state index in [1.807, 2.05) is 20.8 Å². The molecular weight excluding hydrogens is 166 g/mol. The maximum absolute atomic E-state index is 11.4. The number of carbonyl (C=O) groups is 1. The van der Waals surface area contributed by atoms with Crippen molar-refractivity contribution >= 4 is 5.97 Å². The van der Waals surface area contributed by atoms with Gasteiger partial charge in [0.2, 0.25) is 0 Å². The van der Waals surface area contributed by atoms with Crippen LogP contribution in [0.15, 0.2) is 0 Å². The van der Waals surface area contributed by atoms with Crippen LogP contribution in [0.3, 0.4) is 0 Å². The second-order valence-electron chi connectivity index (χ2n) is 3.43. The van der Waals surface area contributed by atoms with E-state index in [4.69, 9.17) is 4.74 Å². The molecule has 13 heavy (non-hydrogen) atoms. The Morgan fingerprint density at radius 2 is 2.00 bits per heavy atom. The molecule has 0 aromatic rings. The molecule has 0 radical (unpaired) electrons. The lowest BCUT2D eigenvalue weighted by atomic mass is 10.0. The standard InChI is InChI=1S/C10H21NO2/c1-5-7-11-9(8(3)4)10(12)13-6-2/h8-9,11H,5-7H2,1-4H3/t9-/m0/s1. The summed E-state index contributed by atoms with van der Waals surface area (Å²) in [5, 5.41) is 3.18. The monoisotopic (exact) mass is 187 g/mol. The van der Waals surface area contributed by atoms with Crippen molar-refractivity contribution < 1.29 is 9.53 Å². The van der Waals surface area contributed by atoms with Crippen LogP contribution in [-0.4, -0.2) is 25.2 Å². The van der Waals surface area contributed by atoms with Crippen molar-refractivity contribution in [3.63, 3.8) is 0 Å². The Labute approximate surface area is 80.8 Å². The highest BCUT2D eigenvalue weighted by Crippen LogP contribution is 2.03. The summed E-state index contributed by atoms with van der Waals surface area (Å²) in [5.74, 6) is 0.150. The number of nitrogens with one attached hydrogen (secondary N) is 1. The molecule has 0 heterocycles. The first-order valence-corrected chi connectivity index (χ1v) is 5.03. The maximum atomic E-state index is 11.4. The molecule has 0 rings (SSSR count). The molecule has 3 nitrogen and oxygen atoms in total. The van der Waals surface area contributed by atoms with Crippen molar-refractivity contribution in [2.24, 2.45) is 5.92 Å². The van der Waals surface area contributed by atoms with Gasteiger partial charge in [-0.15, -0.1) is 0 Å². The van der Waals surface area contributed by atoms with Gasteiger partial charge in [0.25, 0.3) is 0 Å². The van der Waals surface area contributed by atoms with E-state index < -0.39 is 0 Å². The van der Waals surface area contributed by atoms with Crippen LogP contribution in [0.4, 0.5) is 0 Å². The van der Waals surface area contributed by atoms with Gasteiger partial charge in [-0.1, -0.05) is 20.8 Å². The SMILES string of the molecule is CCCN[C@H](C(=O)OCC)C(C)C.